The number of carbonyl (C=O) groups excluding carboxylic acids is 3. The molecule has 1 aliphatic carbocycles. The standard InChI is InChI=1S/C32H31NO5/c34-29(25-9-5-2-6-10-25)21-28(24-13-11-23(12-14-24)22-7-3-1-4-8-22)31(37)26-15-17-27(18-16-26)32(38)33-20-19-30(35)36/h2,5-6,9-18,21-22H,1,3-4,7-8,19-20H2,(H,33,38)(H,35,36)/b28-21+. The van der Waals surface area contributed by atoms with Crippen LogP contribution in [0.1, 0.15) is 86.6 Å². The Balaban J connectivity index is 1.59. The van der Waals surface area contributed by atoms with Crippen LogP contribution in [0, 0.1) is 0 Å². The fourth-order valence-corrected chi connectivity index (χ4v) is 4.78. The van der Waals surface area contributed by atoms with Gasteiger partial charge in [-0.05, 0) is 48.1 Å². The zero-order chi connectivity index (χ0) is 26.9. The first kappa shape index (κ1) is 26.7. The molecule has 0 aromatic heterocycles. The van der Waals surface area contributed by atoms with Crippen molar-refractivity contribution in [2.75, 3.05) is 6.54 Å². The molecule has 1 fully saturated rings. The van der Waals surface area contributed by atoms with Crippen LogP contribution in [0.5, 0.6) is 0 Å². The number of hydrogen-bond donors (Lipinski definition) is 2. The van der Waals surface area contributed by atoms with Crippen molar-refractivity contribution >= 4 is 29.0 Å². The molecule has 38 heavy (non-hydrogen) atoms. The highest BCUT2D eigenvalue weighted by Crippen LogP contribution is 2.33. The van der Waals surface area contributed by atoms with Crippen molar-refractivity contribution in [1.29, 1.82) is 0 Å². The number of benzene rings is 3. The van der Waals surface area contributed by atoms with Gasteiger partial charge in [-0.15, -0.1) is 0 Å². The summed E-state index contributed by atoms with van der Waals surface area (Å²) in [4.78, 5) is 49.6. The van der Waals surface area contributed by atoms with Gasteiger partial charge < -0.3 is 10.4 Å². The van der Waals surface area contributed by atoms with E-state index in [9.17, 15) is 19.2 Å². The maximum absolute atomic E-state index is 13.6. The monoisotopic (exact) mass is 509 g/mol. The molecule has 3 aromatic rings. The van der Waals surface area contributed by atoms with Gasteiger partial charge in [0.15, 0.2) is 11.6 Å². The summed E-state index contributed by atoms with van der Waals surface area (Å²) in [6, 6.07) is 22.9. The number of Topliss-reactive ketones (excluding diaryl/α,β-unsaturated/α-hetero) is 1. The number of hydrogen-bond acceptors (Lipinski definition) is 4. The van der Waals surface area contributed by atoms with Crippen LogP contribution in [-0.4, -0.2) is 35.1 Å². The van der Waals surface area contributed by atoms with E-state index >= 15 is 0 Å². The van der Waals surface area contributed by atoms with E-state index in [1.807, 2.05) is 18.2 Å². The van der Waals surface area contributed by atoms with Crippen molar-refractivity contribution in [2.24, 2.45) is 0 Å². The second kappa shape index (κ2) is 12.8. The smallest absolute Gasteiger partial charge is 0.305 e. The number of nitrogens with one attached hydrogen (secondary N) is 1. The van der Waals surface area contributed by atoms with Crippen LogP contribution >= 0.6 is 0 Å². The lowest BCUT2D eigenvalue weighted by atomic mass is 9.83. The Hall–Kier alpha value is -4.32. The average Bonchev–Trinajstić information content (AvgIpc) is 2.96. The highest BCUT2D eigenvalue weighted by Gasteiger charge is 2.20. The predicted octanol–water partition coefficient (Wildman–Crippen LogP) is 6.09. The summed E-state index contributed by atoms with van der Waals surface area (Å²) in [5.41, 5.74) is 3.35. The lowest BCUT2D eigenvalue weighted by Crippen LogP contribution is -2.26. The van der Waals surface area contributed by atoms with Crippen LogP contribution in [-0.2, 0) is 4.79 Å². The number of carboxylic acids is 1. The number of allylic oxidation sites excluding steroid dienone is 2. The molecule has 0 saturated heterocycles. The zero-order valence-electron chi connectivity index (χ0n) is 21.2. The Kier molecular flexibility index (Phi) is 8.98. The van der Waals surface area contributed by atoms with Gasteiger partial charge in [-0.2, -0.15) is 0 Å². The van der Waals surface area contributed by atoms with E-state index in [0.717, 1.165) is 0 Å². The van der Waals surface area contributed by atoms with Crippen molar-refractivity contribution < 1.29 is 24.3 Å². The fourth-order valence-electron chi connectivity index (χ4n) is 4.78. The molecule has 0 heterocycles. The number of rotatable bonds is 10. The minimum atomic E-state index is -0.998. The van der Waals surface area contributed by atoms with Crippen molar-refractivity contribution in [2.45, 2.75) is 44.4 Å². The van der Waals surface area contributed by atoms with Gasteiger partial charge in [-0.3, -0.25) is 19.2 Å². The van der Waals surface area contributed by atoms with E-state index in [2.05, 4.69) is 17.4 Å². The van der Waals surface area contributed by atoms with E-state index in [1.54, 1.807) is 36.4 Å². The Morgan fingerprint density at radius 1 is 0.737 bits per heavy atom. The van der Waals surface area contributed by atoms with E-state index in [1.165, 1.54) is 55.9 Å². The van der Waals surface area contributed by atoms with Crippen molar-refractivity contribution in [3.05, 3.63) is 113 Å². The number of aliphatic carboxylic acids is 1. The van der Waals surface area contributed by atoms with E-state index in [4.69, 9.17) is 5.11 Å². The normalized spacial score (nSPS) is 14.1. The summed E-state index contributed by atoms with van der Waals surface area (Å²) in [6.07, 6.45) is 7.30. The molecule has 1 saturated carbocycles. The van der Waals surface area contributed by atoms with Gasteiger partial charge in [0.25, 0.3) is 5.91 Å². The molecule has 194 valence electrons. The van der Waals surface area contributed by atoms with Gasteiger partial charge in [-0.25, -0.2) is 0 Å². The first-order chi connectivity index (χ1) is 18.4. The molecule has 6 heteroatoms. The second-order valence-electron chi connectivity index (χ2n) is 9.55. The quantitative estimate of drug-likeness (QED) is 0.255. The fraction of sp³-hybridized carbons (Fsp3) is 0.250. The lowest BCUT2D eigenvalue weighted by molar-refractivity contribution is -0.136. The Bertz CT molecular complexity index is 1320. The van der Waals surface area contributed by atoms with Gasteiger partial charge >= 0.3 is 5.97 Å². The van der Waals surface area contributed by atoms with E-state index < -0.39 is 11.9 Å². The van der Waals surface area contributed by atoms with E-state index in [-0.39, 0.29) is 30.1 Å². The molecule has 0 radical (unpaired) electrons. The third-order valence-corrected chi connectivity index (χ3v) is 6.91. The van der Waals surface area contributed by atoms with Crippen LogP contribution in [0.15, 0.2) is 84.9 Å². The molecule has 3 aromatic carbocycles. The third kappa shape index (κ3) is 6.91. The number of carbonyl (C=O) groups is 4. The van der Waals surface area contributed by atoms with Gasteiger partial charge in [0.1, 0.15) is 0 Å². The average molecular weight is 510 g/mol. The summed E-state index contributed by atoms with van der Waals surface area (Å²) in [5, 5.41) is 11.3. The number of carboxylic acid groups (broad SMARTS) is 1. The molecule has 0 aliphatic heterocycles. The van der Waals surface area contributed by atoms with Gasteiger partial charge in [0.2, 0.25) is 0 Å². The van der Waals surface area contributed by atoms with Crippen LogP contribution in [0.3, 0.4) is 0 Å². The molecular weight excluding hydrogens is 478 g/mol. The van der Waals surface area contributed by atoms with Crippen LogP contribution in [0.2, 0.25) is 0 Å². The summed E-state index contributed by atoms with van der Waals surface area (Å²) in [6.45, 7) is 0.0141. The lowest BCUT2D eigenvalue weighted by Gasteiger charge is -2.22. The first-order valence-corrected chi connectivity index (χ1v) is 13.0. The Morgan fingerprint density at radius 2 is 1.34 bits per heavy atom. The van der Waals surface area contributed by atoms with Crippen molar-refractivity contribution in [3.63, 3.8) is 0 Å². The van der Waals surface area contributed by atoms with Gasteiger partial charge in [-0.1, -0.05) is 86.0 Å². The molecule has 0 bridgehead atoms. The van der Waals surface area contributed by atoms with Crippen molar-refractivity contribution in [1.82, 2.24) is 5.32 Å². The molecule has 0 atom stereocenters. The minimum absolute atomic E-state index is 0.0141. The number of amides is 1. The summed E-state index contributed by atoms with van der Waals surface area (Å²) < 4.78 is 0. The SMILES string of the molecule is O=C(O)CCNC(=O)c1ccc(C(=O)/C(=C/C(=O)c2ccccc2)c2ccc(C3CCCCC3)cc2)cc1. The summed E-state index contributed by atoms with van der Waals surface area (Å²) in [5.74, 6) is -1.47. The topological polar surface area (TPSA) is 101 Å². The maximum Gasteiger partial charge on any atom is 0.305 e. The van der Waals surface area contributed by atoms with Crippen molar-refractivity contribution in [3.8, 4) is 0 Å². The second-order valence-corrected chi connectivity index (χ2v) is 9.55. The highest BCUT2D eigenvalue weighted by atomic mass is 16.4. The molecule has 6 nitrogen and oxygen atoms in total. The van der Waals surface area contributed by atoms with Crippen LogP contribution < -0.4 is 5.32 Å². The molecule has 0 unspecified atom stereocenters. The molecule has 1 aliphatic rings. The highest BCUT2D eigenvalue weighted by molar-refractivity contribution is 6.32. The van der Waals surface area contributed by atoms with E-state index in [0.29, 0.717) is 28.2 Å². The van der Waals surface area contributed by atoms with Crippen LogP contribution in [0.4, 0.5) is 0 Å². The van der Waals surface area contributed by atoms with Gasteiger partial charge in [0, 0.05) is 28.8 Å². The molecule has 4 rings (SSSR count). The largest absolute Gasteiger partial charge is 0.481 e. The molecule has 0 spiro atoms. The molecular formula is C32H31NO5. The minimum Gasteiger partial charge on any atom is -0.481 e. The molecule has 2 N–H and O–H groups in total. The Morgan fingerprint density at radius 3 is 1.97 bits per heavy atom. The third-order valence-electron chi connectivity index (χ3n) is 6.91. The Labute approximate surface area is 222 Å². The molecule has 1 amide bonds. The number of ketones is 2. The first-order valence-electron chi connectivity index (χ1n) is 13.0. The maximum atomic E-state index is 13.6. The summed E-state index contributed by atoms with van der Waals surface area (Å²) >= 11 is 0. The summed E-state index contributed by atoms with van der Waals surface area (Å²) in [7, 11) is 0. The van der Waals surface area contributed by atoms with Crippen LogP contribution in [0.25, 0.3) is 5.57 Å². The zero-order valence-corrected chi connectivity index (χ0v) is 21.2. The predicted molar refractivity (Wildman–Crippen MR) is 146 cm³/mol. The van der Waals surface area contributed by atoms with Gasteiger partial charge in [0.05, 0.1) is 6.42 Å².